The normalized spacial score (nSPS) is 21.6. The van der Waals surface area contributed by atoms with Crippen molar-refractivity contribution < 1.29 is 0 Å². The van der Waals surface area contributed by atoms with Gasteiger partial charge in [-0.25, -0.2) is 0 Å². The molecule has 1 aromatic heterocycles. The number of anilines is 1. The molecule has 14 heavy (non-hydrogen) atoms. The average molecular weight is 320 g/mol. The van der Waals surface area contributed by atoms with E-state index in [0.29, 0.717) is 0 Å². The van der Waals surface area contributed by atoms with Crippen LogP contribution in [0.3, 0.4) is 0 Å². The monoisotopic (exact) mass is 318 g/mol. The van der Waals surface area contributed by atoms with E-state index in [1.807, 2.05) is 12.4 Å². The van der Waals surface area contributed by atoms with Crippen LogP contribution in [0.25, 0.3) is 0 Å². The summed E-state index contributed by atoms with van der Waals surface area (Å²) in [6, 6.07) is 2.07. The summed E-state index contributed by atoms with van der Waals surface area (Å²) in [7, 11) is 0. The lowest BCUT2D eigenvalue weighted by atomic mass is 10.2. The van der Waals surface area contributed by atoms with E-state index in [-0.39, 0.29) is 0 Å². The Balaban J connectivity index is 2.13. The lowest BCUT2D eigenvalue weighted by molar-refractivity contribution is 0.676. The second-order valence-corrected chi connectivity index (χ2v) is 5.08. The minimum absolute atomic E-state index is 0.787. The summed E-state index contributed by atoms with van der Waals surface area (Å²) in [5.74, 6) is 0.787. The molecule has 1 aliphatic rings. The van der Waals surface area contributed by atoms with Gasteiger partial charge in [-0.15, -0.1) is 0 Å². The predicted octanol–water partition coefficient (Wildman–Crippen LogP) is 3.07. The standard InChI is InChI=1S/C10H12Br2N2/c11-5-8-2-4-14(7-8)10-1-3-13-6-9(10)12/h1,3,6,8H,2,4-5,7H2. The van der Waals surface area contributed by atoms with E-state index in [9.17, 15) is 0 Å². The van der Waals surface area contributed by atoms with Crippen molar-refractivity contribution in [1.29, 1.82) is 0 Å². The van der Waals surface area contributed by atoms with Gasteiger partial charge in [-0.1, -0.05) is 15.9 Å². The Morgan fingerprint density at radius 1 is 1.57 bits per heavy atom. The molecule has 0 bridgehead atoms. The summed E-state index contributed by atoms with van der Waals surface area (Å²) in [4.78, 5) is 6.49. The summed E-state index contributed by atoms with van der Waals surface area (Å²) < 4.78 is 1.09. The van der Waals surface area contributed by atoms with E-state index in [1.165, 1.54) is 12.1 Å². The zero-order valence-electron chi connectivity index (χ0n) is 7.79. The Morgan fingerprint density at radius 2 is 2.43 bits per heavy atom. The van der Waals surface area contributed by atoms with Crippen LogP contribution in [0.4, 0.5) is 5.69 Å². The van der Waals surface area contributed by atoms with Crippen molar-refractivity contribution in [2.45, 2.75) is 6.42 Å². The summed E-state index contributed by atoms with van der Waals surface area (Å²) in [6.07, 6.45) is 4.98. The zero-order chi connectivity index (χ0) is 9.97. The quantitative estimate of drug-likeness (QED) is 0.779. The topological polar surface area (TPSA) is 16.1 Å². The van der Waals surface area contributed by atoms with E-state index < -0.39 is 0 Å². The first kappa shape index (κ1) is 10.4. The molecule has 1 saturated heterocycles. The first-order valence-electron chi connectivity index (χ1n) is 4.71. The van der Waals surface area contributed by atoms with Crippen molar-refractivity contribution in [3.63, 3.8) is 0 Å². The van der Waals surface area contributed by atoms with Crippen molar-refractivity contribution in [3.05, 3.63) is 22.9 Å². The SMILES string of the molecule is BrCC1CCN(c2ccncc2Br)C1. The second kappa shape index (κ2) is 4.62. The first-order valence-corrected chi connectivity index (χ1v) is 6.63. The highest BCUT2D eigenvalue weighted by atomic mass is 79.9. The van der Waals surface area contributed by atoms with Crippen molar-refractivity contribution in [2.75, 3.05) is 23.3 Å². The fourth-order valence-corrected chi connectivity index (χ4v) is 2.83. The molecule has 1 unspecified atom stereocenters. The molecule has 1 atom stereocenters. The van der Waals surface area contributed by atoms with E-state index in [4.69, 9.17) is 0 Å². The van der Waals surface area contributed by atoms with Gasteiger partial charge in [0.15, 0.2) is 0 Å². The van der Waals surface area contributed by atoms with E-state index >= 15 is 0 Å². The maximum Gasteiger partial charge on any atom is 0.0592 e. The molecule has 0 aromatic carbocycles. The van der Waals surface area contributed by atoms with E-state index in [1.54, 1.807) is 0 Å². The van der Waals surface area contributed by atoms with Gasteiger partial charge >= 0.3 is 0 Å². The number of aromatic nitrogens is 1. The van der Waals surface area contributed by atoms with Crippen LogP contribution >= 0.6 is 31.9 Å². The fourth-order valence-electron chi connectivity index (χ4n) is 1.80. The number of rotatable bonds is 2. The number of halogens is 2. The van der Waals surface area contributed by atoms with Gasteiger partial charge in [0.05, 0.1) is 10.2 Å². The largest absolute Gasteiger partial charge is 0.370 e. The van der Waals surface area contributed by atoms with Crippen LogP contribution in [0, 0.1) is 5.92 Å². The summed E-state index contributed by atoms with van der Waals surface area (Å²) in [5.41, 5.74) is 1.27. The molecule has 2 rings (SSSR count). The third-order valence-corrected chi connectivity index (χ3v) is 4.12. The molecule has 1 aromatic rings. The molecule has 0 N–H and O–H groups in total. The zero-order valence-corrected chi connectivity index (χ0v) is 11.0. The predicted molar refractivity (Wildman–Crippen MR) is 66.1 cm³/mol. The minimum Gasteiger partial charge on any atom is -0.370 e. The molecule has 76 valence electrons. The van der Waals surface area contributed by atoms with Gasteiger partial charge in [-0.2, -0.15) is 0 Å². The van der Waals surface area contributed by atoms with Gasteiger partial charge in [0.2, 0.25) is 0 Å². The molecule has 0 aliphatic carbocycles. The maximum absolute atomic E-state index is 4.07. The van der Waals surface area contributed by atoms with Gasteiger partial charge in [0.25, 0.3) is 0 Å². The average Bonchev–Trinajstić information content (AvgIpc) is 2.67. The van der Waals surface area contributed by atoms with E-state index in [0.717, 1.165) is 28.8 Å². The smallest absolute Gasteiger partial charge is 0.0592 e. The molecular formula is C10H12Br2N2. The highest BCUT2D eigenvalue weighted by Crippen LogP contribution is 2.30. The van der Waals surface area contributed by atoms with Crippen LogP contribution in [0.1, 0.15) is 6.42 Å². The van der Waals surface area contributed by atoms with Crippen molar-refractivity contribution in [1.82, 2.24) is 4.98 Å². The number of pyridine rings is 1. The Morgan fingerprint density at radius 3 is 3.07 bits per heavy atom. The lowest BCUT2D eigenvalue weighted by Crippen LogP contribution is -2.20. The van der Waals surface area contributed by atoms with E-state index in [2.05, 4.69) is 47.8 Å². The summed E-state index contributed by atoms with van der Waals surface area (Å²) >= 11 is 7.08. The number of hydrogen-bond acceptors (Lipinski definition) is 2. The van der Waals surface area contributed by atoms with Crippen LogP contribution in [-0.4, -0.2) is 23.4 Å². The second-order valence-electron chi connectivity index (χ2n) is 3.58. The molecule has 1 fully saturated rings. The minimum atomic E-state index is 0.787. The molecule has 0 saturated carbocycles. The fraction of sp³-hybridized carbons (Fsp3) is 0.500. The van der Waals surface area contributed by atoms with Gasteiger partial charge in [0.1, 0.15) is 0 Å². The number of nitrogens with zero attached hydrogens (tertiary/aromatic N) is 2. The third-order valence-electron chi connectivity index (χ3n) is 2.60. The van der Waals surface area contributed by atoms with Gasteiger partial charge in [0, 0.05) is 30.8 Å². The number of hydrogen-bond donors (Lipinski definition) is 0. The Hall–Kier alpha value is -0.0900. The van der Waals surface area contributed by atoms with Gasteiger partial charge in [-0.05, 0) is 34.3 Å². The van der Waals surface area contributed by atoms with Gasteiger partial charge < -0.3 is 4.90 Å². The molecule has 4 heteroatoms. The summed E-state index contributed by atoms with van der Waals surface area (Å²) in [6.45, 7) is 2.30. The molecule has 2 heterocycles. The van der Waals surface area contributed by atoms with Crippen LogP contribution in [0.5, 0.6) is 0 Å². The summed E-state index contributed by atoms with van der Waals surface area (Å²) in [5, 5.41) is 1.10. The van der Waals surface area contributed by atoms with Crippen molar-refractivity contribution in [2.24, 2.45) is 5.92 Å². The molecular weight excluding hydrogens is 308 g/mol. The van der Waals surface area contributed by atoms with Crippen LogP contribution in [0.2, 0.25) is 0 Å². The maximum atomic E-state index is 4.07. The molecule has 0 spiro atoms. The van der Waals surface area contributed by atoms with Crippen molar-refractivity contribution in [3.8, 4) is 0 Å². The Kier molecular flexibility index (Phi) is 3.44. The first-order chi connectivity index (χ1) is 6.81. The van der Waals surface area contributed by atoms with Crippen LogP contribution in [-0.2, 0) is 0 Å². The lowest BCUT2D eigenvalue weighted by Gasteiger charge is -2.19. The highest BCUT2D eigenvalue weighted by Gasteiger charge is 2.22. The molecule has 0 amide bonds. The Bertz CT molecular complexity index is 317. The van der Waals surface area contributed by atoms with Crippen LogP contribution < -0.4 is 4.90 Å². The van der Waals surface area contributed by atoms with Gasteiger partial charge in [-0.3, -0.25) is 4.98 Å². The third kappa shape index (κ3) is 2.11. The Labute approximate surface area is 101 Å². The molecule has 2 nitrogen and oxygen atoms in total. The number of alkyl halides is 1. The molecule has 1 aliphatic heterocycles. The molecule has 0 radical (unpaired) electrons. The highest BCUT2D eigenvalue weighted by molar-refractivity contribution is 9.10. The van der Waals surface area contributed by atoms with Crippen molar-refractivity contribution >= 4 is 37.5 Å². The van der Waals surface area contributed by atoms with Crippen LogP contribution in [0.15, 0.2) is 22.9 Å².